The van der Waals surface area contributed by atoms with Crippen molar-refractivity contribution in [3.8, 4) is 0 Å². The minimum atomic E-state index is 0.478. The average molecular weight is 318 g/mol. The predicted molar refractivity (Wildman–Crippen MR) is 92.4 cm³/mol. The van der Waals surface area contributed by atoms with E-state index in [1.807, 2.05) is 23.9 Å². The number of likely N-dealkylation sites (N-methyl/N-ethyl adjacent to an activating group) is 1. The van der Waals surface area contributed by atoms with Gasteiger partial charge < -0.3 is 5.32 Å². The molecule has 0 spiro atoms. The molecule has 2 atom stereocenters. The Morgan fingerprint density at radius 1 is 1.24 bits per heavy atom. The Labute approximate surface area is 136 Å². The average Bonchev–Trinajstić information content (AvgIpc) is 2.91. The predicted octanol–water partition coefficient (Wildman–Crippen LogP) is 4.58. The van der Waals surface area contributed by atoms with Gasteiger partial charge in [0.2, 0.25) is 0 Å². The molecule has 1 heterocycles. The van der Waals surface area contributed by atoms with Crippen LogP contribution in [-0.4, -0.2) is 17.8 Å². The summed E-state index contributed by atoms with van der Waals surface area (Å²) in [5.74, 6) is 0. The summed E-state index contributed by atoms with van der Waals surface area (Å²) >= 11 is 8.12. The normalized spacial score (nSPS) is 18.5. The van der Waals surface area contributed by atoms with E-state index in [2.05, 4.69) is 48.6 Å². The molecule has 0 aromatic heterocycles. The van der Waals surface area contributed by atoms with E-state index in [4.69, 9.17) is 11.6 Å². The Hall–Kier alpha value is -0.960. The van der Waals surface area contributed by atoms with E-state index in [9.17, 15) is 0 Å². The van der Waals surface area contributed by atoms with E-state index in [1.165, 1.54) is 16.0 Å². The summed E-state index contributed by atoms with van der Waals surface area (Å²) in [5, 5.41) is 5.09. The molecule has 3 rings (SSSR count). The van der Waals surface area contributed by atoms with Crippen molar-refractivity contribution in [1.82, 2.24) is 5.32 Å². The Kier molecular flexibility index (Phi) is 4.89. The number of rotatable bonds is 5. The van der Waals surface area contributed by atoms with Gasteiger partial charge >= 0.3 is 0 Å². The van der Waals surface area contributed by atoms with Crippen LogP contribution in [0.15, 0.2) is 53.4 Å². The number of benzene rings is 2. The SMILES string of the molecule is CCNC(Cc1cccc(Cl)c1)C1Cc2ccccc2S1. The molecule has 1 aliphatic heterocycles. The molecule has 1 aliphatic rings. The molecule has 2 unspecified atom stereocenters. The van der Waals surface area contributed by atoms with E-state index >= 15 is 0 Å². The van der Waals surface area contributed by atoms with Crippen LogP contribution in [0.25, 0.3) is 0 Å². The smallest absolute Gasteiger partial charge is 0.0408 e. The minimum absolute atomic E-state index is 0.478. The van der Waals surface area contributed by atoms with E-state index in [-0.39, 0.29) is 0 Å². The van der Waals surface area contributed by atoms with Gasteiger partial charge in [0.15, 0.2) is 0 Å². The van der Waals surface area contributed by atoms with Crippen molar-refractivity contribution in [1.29, 1.82) is 0 Å². The zero-order valence-electron chi connectivity index (χ0n) is 12.2. The van der Waals surface area contributed by atoms with Crippen LogP contribution in [0.5, 0.6) is 0 Å². The number of hydrogen-bond donors (Lipinski definition) is 1. The molecule has 2 aromatic rings. The maximum atomic E-state index is 6.11. The molecule has 1 nitrogen and oxygen atoms in total. The molecule has 0 amide bonds. The van der Waals surface area contributed by atoms with Gasteiger partial charge in [-0.25, -0.2) is 0 Å². The van der Waals surface area contributed by atoms with Gasteiger partial charge in [-0.2, -0.15) is 0 Å². The molecule has 0 saturated heterocycles. The third-order valence-corrected chi connectivity index (χ3v) is 5.62. The molecular formula is C18H20ClNS. The molecule has 0 saturated carbocycles. The second-order valence-electron chi connectivity index (χ2n) is 5.47. The zero-order valence-corrected chi connectivity index (χ0v) is 13.8. The molecular weight excluding hydrogens is 298 g/mol. The fourth-order valence-electron chi connectivity index (χ4n) is 2.95. The monoisotopic (exact) mass is 317 g/mol. The fourth-order valence-corrected chi connectivity index (χ4v) is 4.57. The molecule has 0 bridgehead atoms. The standard InChI is InChI=1S/C18H20ClNS/c1-2-20-16(11-13-6-5-8-15(19)10-13)18-12-14-7-3-4-9-17(14)21-18/h3-10,16,18,20H,2,11-12H2,1H3. The first-order chi connectivity index (χ1) is 10.3. The Morgan fingerprint density at radius 3 is 2.86 bits per heavy atom. The highest BCUT2D eigenvalue weighted by Crippen LogP contribution is 2.39. The van der Waals surface area contributed by atoms with Gasteiger partial charge in [0.05, 0.1) is 0 Å². The number of nitrogens with one attached hydrogen (secondary N) is 1. The van der Waals surface area contributed by atoms with Crippen LogP contribution in [0.3, 0.4) is 0 Å². The number of halogens is 1. The van der Waals surface area contributed by atoms with Crippen LogP contribution < -0.4 is 5.32 Å². The molecule has 0 aliphatic carbocycles. The molecule has 0 fully saturated rings. The van der Waals surface area contributed by atoms with Crippen molar-refractivity contribution < 1.29 is 0 Å². The maximum absolute atomic E-state index is 6.11. The maximum Gasteiger partial charge on any atom is 0.0408 e. The number of hydrogen-bond acceptors (Lipinski definition) is 2. The van der Waals surface area contributed by atoms with Crippen LogP contribution >= 0.6 is 23.4 Å². The highest BCUT2D eigenvalue weighted by molar-refractivity contribution is 8.00. The Balaban J connectivity index is 1.74. The fraction of sp³-hybridized carbons (Fsp3) is 0.333. The summed E-state index contributed by atoms with van der Waals surface area (Å²) in [7, 11) is 0. The Morgan fingerprint density at radius 2 is 2.10 bits per heavy atom. The number of fused-ring (bicyclic) bond motifs is 1. The van der Waals surface area contributed by atoms with Crippen LogP contribution in [-0.2, 0) is 12.8 Å². The van der Waals surface area contributed by atoms with Gasteiger partial charge in [-0.3, -0.25) is 0 Å². The summed E-state index contributed by atoms with van der Waals surface area (Å²) in [6.45, 7) is 3.18. The highest BCUT2D eigenvalue weighted by atomic mass is 35.5. The molecule has 1 N–H and O–H groups in total. The summed E-state index contributed by atoms with van der Waals surface area (Å²) in [6, 6.07) is 17.5. The van der Waals surface area contributed by atoms with Crippen molar-refractivity contribution in [3.05, 3.63) is 64.7 Å². The lowest BCUT2D eigenvalue weighted by atomic mass is 9.99. The highest BCUT2D eigenvalue weighted by Gasteiger charge is 2.28. The third kappa shape index (κ3) is 3.63. The molecule has 21 heavy (non-hydrogen) atoms. The van der Waals surface area contributed by atoms with Gasteiger partial charge in [-0.15, -0.1) is 11.8 Å². The Bertz CT molecular complexity index is 589. The summed E-state index contributed by atoms with van der Waals surface area (Å²) < 4.78 is 0. The van der Waals surface area contributed by atoms with E-state index in [0.717, 1.165) is 24.4 Å². The van der Waals surface area contributed by atoms with Gasteiger partial charge in [-0.05, 0) is 48.7 Å². The lowest BCUT2D eigenvalue weighted by Crippen LogP contribution is -2.39. The van der Waals surface area contributed by atoms with Gasteiger partial charge in [-0.1, -0.05) is 48.9 Å². The largest absolute Gasteiger partial charge is 0.313 e. The van der Waals surface area contributed by atoms with Gasteiger partial charge in [0.1, 0.15) is 0 Å². The van der Waals surface area contributed by atoms with Crippen molar-refractivity contribution >= 4 is 23.4 Å². The van der Waals surface area contributed by atoms with Crippen molar-refractivity contribution in [3.63, 3.8) is 0 Å². The van der Waals surface area contributed by atoms with E-state index in [0.29, 0.717) is 11.3 Å². The summed E-state index contributed by atoms with van der Waals surface area (Å²) in [5.41, 5.74) is 2.80. The third-order valence-electron chi connectivity index (χ3n) is 3.93. The summed E-state index contributed by atoms with van der Waals surface area (Å²) in [6.07, 6.45) is 2.18. The topological polar surface area (TPSA) is 12.0 Å². The van der Waals surface area contributed by atoms with Crippen molar-refractivity contribution in [2.45, 2.75) is 36.0 Å². The van der Waals surface area contributed by atoms with Crippen LogP contribution in [0, 0.1) is 0 Å². The zero-order chi connectivity index (χ0) is 14.7. The molecule has 3 heteroatoms. The second kappa shape index (κ2) is 6.87. The molecule has 0 radical (unpaired) electrons. The van der Waals surface area contributed by atoms with Crippen molar-refractivity contribution in [2.24, 2.45) is 0 Å². The van der Waals surface area contributed by atoms with Crippen molar-refractivity contribution in [2.75, 3.05) is 6.54 Å². The van der Waals surface area contributed by atoms with Gasteiger partial charge in [0.25, 0.3) is 0 Å². The van der Waals surface area contributed by atoms with E-state index < -0.39 is 0 Å². The van der Waals surface area contributed by atoms with Crippen LogP contribution in [0.2, 0.25) is 5.02 Å². The first kappa shape index (κ1) is 15.0. The lowest BCUT2D eigenvalue weighted by Gasteiger charge is -2.24. The summed E-state index contributed by atoms with van der Waals surface area (Å²) in [4.78, 5) is 1.44. The minimum Gasteiger partial charge on any atom is -0.313 e. The number of thioether (sulfide) groups is 1. The van der Waals surface area contributed by atoms with E-state index in [1.54, 1.807) is 0 Å². The van der Waals surface area contributed by atoms with Crippen LogP contribution in [0.1, 0.15) is 18.1 Å². The molecule has 2 aromatic carbocycles. The first-order valence-electron chi connectivity index (χ1n) is 7.48. The first-order valence-corrected chi connectivity index (χ1v) is 8.74. The molecule has 110 valence electrons. The second-order valence-corrected chi connectivity index (χ2v) is 7.18. The van der Waals surface area contributed by atoms with Crippen LogP contribution in [0.4, 0.5) is 0 Å². The quantitative estimate of drug-likeness (QED) is 0.866. The lowest BCUT2D eigenvalue weighted by molar-refractivity contribution is 0.506. The van der Waals surface area contributed by atoms with Gasteiger partial charge in [0, 0.05) is 21.2 Å².